The fourth-order valence-electron chi connectivity index (χ4n) is 9.00. The summed E-state index contributed by atoms with van der Waals surface area (Å²) in [6.07, 6.45) is 0. The monoisotopic (exact) mass is 677 g/mol. The third-order valence-corrected chi connectivity index (χ3v) is 11.6. The predicted octanol–water partition coefficient (Wildman–Crippen LogP) is 14.0. The van der Waals surface area contributed by atoms with Crippen molar-refractivity contribution in [2.45, 2.75) is 25.2 Å². The SMILES string of the molecule is CC1(C)c2ccccc2-c2ccc(N(c3ccc(-c4ccccc4)cc3)c3ccc(C4c5ccccc5-c5cccc(-c6ccccc6)c54)cc3)cc21. The van der Waals surface area contributed by atoms with Gasteiger partial charge in [0.2, 0.25) is 0 Å². The van der Waals surface area contributed by atoms with Crippen molar-refractivity contribution in [3.63, 3.8) is 0 Å². The van der Waals surface area contributed by atoms with Crippen LogP contribution < -0.4 is 4.90 Å². The Morgan fingerprint density at radius 3 is 1.64 bits per heavy atom. The van der Waals surface area contributed by atoms with Gasteiger partial charge in [0, 0.05) is 28.4 Å². The lowest BCUT2D eigenvalue weighted by Crippen LogP contribution is -2.16. The number of hydrogen-bond acceptors (Lipinski definition) is 1. The maximum atomic E-state index is 2.42. The zero-order valence-corrected chi connectivity index (χ0v) is 30.0. The minimum absolute atomic E-state index is 0.0889. The van der Waals surface area contributed by atoms with E-state index < -0.39 is 0 Å². The highest BCUT2D eigenvalue weighted by atomic mass is 15.1. The van der Waals surface area contributed by atoms with Crippen LogP contribution in [0.2, 0.25) is 0 Å². The van der Waals surface area contributed by atoms with Crippen molar-refractivity contribution in [2.24, 2.45) is 0 Å². The van der Waals surface area contributed by atoms with E-state index in [9.17, 15) is 0 Å². The van der Waals surface area contributed by atoms with E-state index in [0.29, 0.717) is 0 Å². The molecule has 1 unspecified atom stereocenters. The second-order valence-corrected chi connectivity index (χ2v) is 14.9. The summed E-state index contributed by atoms with van der Waals surface area (Å²) in [7, 11) is 0. The van der Waals surface area contributed by atoms with Crippen LogP contribution in [0.25, 0.3) is 44.5 Å². The molecule has 0 bridgehead atoms. The van der Waals surface area contributed by atoms with Crippen LogP contribution in [0.3, 0.4) is 0 Å². The van der Waals surface area contributed by atoms with Gasteiger partial charge in [0.05, 0.1) is 0 Å². The summed E-state index contributed by atoms with van der Waals surface area (Å²) in [6.45, 7) is 4.71. The van der Waals surface area contributed by atoms with Gasteiger partial charge in [-0.15, -0.1) is 0 Å². The molecule has 0 radical (unpaired) electrons. The normalized spacial score (nSPS) is 14.6. The number of rotatable bonds is 6. The lowest BCUT2D eigenvalue weighted by molar-refractivity contribution is 0.660. The molecule has 8 aromatic carbocycles. The van der Waals surface area contributed by atoms with Crippen molar-refractivity contribution in [1.82, 2.24) is 0 Å². The topological polar surface area (TPSA) is 3.24 Å². The standard InChI is InChI=1S/C52H39N/c1-52(2)48-23-12-11-19-44(48)45-33-32-41(34-49(45)52)53(39-28-24-36(25-29-39)35-14-5-3-6-15-35)40-30-26-38(27-31-40)50-46-20-10-9-18-43(46)47-22-13-21-42(51(47)50)37-16-7-4-8-17-37/h3-34,50H,1-2H3. The molecule has 0 aliphatic heterocycles. The maximum absolute atomic E-state index is 2.42. The second-order valence-electron chi connectivity index (χ2n) is 14.9. The zero-order chi connectivity index (χ0) is 35.5. The van der Waals surface area contributed by atoms with Crippen molar-refractivity contribution in [3.8, 4) is 44.5 Å². The molecule has 0 aromatic heterocycles. The number of fused-ring (bicyclic) bond motifs is 6. The molecule has 0 fully saturated rings. The molecule has 10 rings (SSSR count). The highest BCUT2D eigenvalue weighted by molar-refractivity contribution is 5.89. The van der Waals surface area contributed by atoms with Crippen LogP contribution in [0, 0.1) is 0 Å². The van der Waals surface area contributed by atoms with Crippen LogP contribution in [-0.4, -0.2) is 0 Å². The third kappa shape index (κ3) is 5.07. The van der Waals surface area contributed by atoms with Crippen molar-refractivity contribution < 1.29 is 0 Å². The fraction of sp³-hybridized carbons (Fsp3) is 0.0769. The van der Waals surface area contributed by atoms with Crippen LogP contribution in [-0.2, 0) is 5.41 Å². The maximum Gasteiger partial charge on any atom is 0.0465 e. The number of nitrogens with zero attached hydrogens (tertiary/aromatic N) is 1. The molecule has 0 heterocycles. The summed E-state index contributed by atoms with van der Waals surface area (Å²) in [6, 6.07) is 71.5. The van der Waals surface area contributed by atoms with E-state index in [4.69, 9.17) is 0 Å². The van der Waals surface area contributed by atoms with Gasteiger partial charge in [-0.2, -0.15) is 0 Å². The minimum atomic E-state index is -0.0889. The molecule has 8 aromatic rings. The Hall–Kier alpha value is -6.44. The van der Waals surface area contributed by atoms with E-state index in [0.717, 1.165) is 17.1 Å². The Morgan fingerprint density at radius 1 is 0.377 bits per heavy atom. The summed E-state index contributed by atoms with van der Waals surface area (Å²) in [5.41, 5.74) is 20.5. The first-order chi connectivity index (χ1) is 26.1. The summed E-state index contributed by atoms with van der Waals surface area (Å²) >= 11 is 0. The van der Waals surface area contributed by atoms with Gasteiger partial charge in [-0.3, -0.25) is 0 Å². The fourth-order valence-corrected chi connectivity index (χ4v) is 9.00. The Balaban J connectivity index is 1.10. The highest BCUT2D eigenvalue weighted by Gasteiger charge is 2.36. The smallest absolute Gasteiger partial charge is 0.0465 e. The molecule has 252 valence electrons. The molecule has 0 spiro atoms. The van der Waals surface area contributed by atoms with Gasteiger partial charge in [0.15, 0.2) is 0 Å². The van der Waals surface area contributed by atoms with Gasteiger partial charge < -0.3 is 4.90 Å². The van der Waals surface area contributed by atoms with Gasteiger partial charge in [0.25, 0.3) is 0 Å². The number of anilines is 3. The lowest BCUT2D eigenvalue weighted by Gasteiger charge is -2.29. The summed E-state index contributed by atoms with van der Waals surface area (Å²) in [5, 5.41) is 0. The van der Waals surface area contributed by atoms with Crippen molar-refractivity contribution >= 4 is 17.1 Å². The number of hydrogen-bond donors (Lipinski definition) is 0. The van der Waals surface area contributed by atoms with Crippen LogP contribution in [0.4, 0.5) is 17.1 Å². The zero-order valence-electron chi connectivity index (χ0n) is 30.0. The largest absolute Gasteiger partial charge is 0.310 e. The lowest BCUT2D eigenvalue weighted by atomic mass is 9.82. The van der Waals surface area contributed by atoms with E-state index >= 15 is 0 Å². The molecular formula is C52H39N. The number of benzene rings is 8. The molecule has 2 aliphatic rings. The van der Waals surface area contributed by atoms with Gasteiger partial charge in [-0.25, -0.2) is 0 Å². The molecule has 0 amide bonds. The molecule has 53 heavy (non-hydrogen) atoms. The molecule has 1 atom stereocenters. The first-order valence-corrected chi connectivity index (χ1v) is 18.6. The van der Waals surface area contributed by atoms with Crippen LogP contribution >= 0.6 is 0 Å². The molecular weight excluding hydrogens is 639 g/mol. The summed E-state index contributed by atoms with van der Waals surface area (Å²) in [5.74, 6) is 0.143. The summed E-state index contributed by atoms with van der Waals surface area (Å²) < 4.78 is 0. The van der Waals surface area contributed by atoms with Crippen LogP contribution in [0.5, 0.6) is 0 Å². The Bertz CT molecular complexity index is 2620. The predicted molar refractivity (Wildman–Crippen MR) is 222 cm³/mol. The molecule has 1 heteroatoms. The molecule has 1 nitrogen and oxygen atoms in total. The highest BCUT2D eigenvalue weighted by Crippen LogP contribution is 2.53. The molecule has 0 saturated carbocycles. The van der Waals surface area contributed by atoms with Crippen molar-refractivity contribution in [1.29, 1.82) is 0 Å². The van der Waals surface area contributed by atoms with E-state index in [1.165, 1.54) is 72.3 Å². The third-order valence-electron chi connectivity index (χ3n) is 11.6. The first-order valence-electron chi connectivity index (χ1n) is 18.6. The van der Waals surface area contributed by atoms with Crippen molar-refractivity contribution in [3.05, 3.63) is 222 Å². The Morgan fingerprint density at radius 2 is 0.906 bits per heavy atom. The van der Waals surface area contributed by atoms with Gasteiger partial charge >= 0.3 is 0 Å². The Kier molecular flexibility index (Phi) is 7.30. The van der Waals surface area contributed by atoms with Gasteiger partial charge in [0.1, 0.15) is 0 Å². The van der Waals surface area contributed by atoms with E-state index in [2.05, 4.69) is 213 Å². The molecule has 0 N–H and O–H groups in total. The molecule has 2 aliphatic carbocycles. The Labute approximate surface area is 312 Å². The van der Waals surface area contributed by atoms with E-state index in [1.807, 2.05) is 0 Å². The van der Waals surface area contributed by atoms with Crippen LogP contribution in [0.15, 0.2) is 194 Å². The van der Waals surface area contributed by atoms with E-state index in [-0.39, 0.29) is 11.3 Å². The van der Waals surface area contributed by atoms with E-state index in [1.54, 1.807) is 0 Å². The summed E-state index contributed by atoms with van der Waals surface area (Å²) in [4.78, 5) is 2.42. The van der Waals surface area contributed by atoms with Crippen molar-refractivity contribution in [2.75, 3.05) is 4.90 Å². The van der Waals surface area contributed by atoms with Gasteiger partial charge in [-0.05, 0) is 109 Å². The quantitative estimate of drug-likeness (QED) is 0.169. The first kappa shape index (κ1) is 31.3. The average molecular weight is 678 g/mol. The van der Waals surface area contributed by atoms with Crippen LogP contribution in [0.1, 0.15) is 47.6 Å². The average Bonchev–Trinajstić information content (AvgIpc) is 3.68. The molecule has 0 saturated heterocycles. The second kappa shape index (κ2) is 12.4. The van der Waals surface area contributed by atoms with Gasteiger partial charge in [-0.1, -0.05) is 172 Å². The minimum Gasteiger partial charge on any atom is -0.310 e.